The Hall–Kier alpha value is -1.89. The number of likely N-dealkylation sites (tertiary alicyclic amines) is 1. The second-order valence-electron chi connectivity index (χ2n) is 18.6. The van der Waals surface area contributed by atoms with Crippen molar-refractivity contribution >= 4 is 17.8 Å². The third kappa shape index (κ3) is 5.61. The molecule has 5 aliphatic carbocycles. The van der Waals surface area contributed by atoms with Gasteiger partial charge >= 0.3 is 11.9 Å². The fourth-order valence-electron chi connectivity index (χ4n) is 12.8. The average molecular weight is 653 g/mol. The Kier molecular flexibility index (Phi) is 9.04. The SMILES string of the molecule is CC(=O)OC[C@@]1(C)[C@@H]2CC[C@]3(C)[C@H](CC=C4[C@@H]5CC(C)(C)CC[C@]5(C(=O)NCCN5CCCC5)CC[C@]43C)[C@@]2(C)CC[C@@H]1OC(C)=O. The van der Waals surface area contributed by atoms with E-state index in [2.05, 4.69) is 57.8 Å². The molecule has 1 saturated heterocycles. The summed E-state index contributed by atoms with van der Waals surface area (Å²) in [4.78, 5) is 41.2. The van der Waals surface area contributed by atoms with Gasteiger partial charge < -0.3 is 19.7 Å². The quantitative estimate of drug-likeness (QED) is 0.227. The van der Waals surface area contributed by atoms with E-state index in [9.17, 15) is 14.4 Å². The highest BCUT2D eigenvalue weighted by Gasteiger charge is 2.70. The monoisotopic (exact) mass is 652 g/mol. The first-order chi connectivity index (χ1) is 22.0. The highest BCUT2D eigenvalue weighted by atomic mass is 16.6. The minimum atomic E-state index is -0.432. The van der Waals surface area contributed by atoms with Crippen LogP contribution in [0.2, 0.25) is 0 Å². The van der Waals surface area contributed by atoms with Crippen LogP contribution in [-0.2, 0) is 23.9 Å². The van der Waals surface area contributed by atoms with E-state index in [0.29, 0.717) is 11.8 Å². The van der Waals surface area contributed by atoms with Gasteiger partial charge in [0.1, 0.15) is 12.7 Å². The molecule has 264 valence electrons. The fraction of sp³-hybridized carbons (Fsp3) is 0.875. The molecule has 1 aliphatic heterocycles. The van der Waals surface area contributed by atoms with Crippen LogP contribution < -0.4 is 5.32 Å². The Bertz CT molecular complexity index is 1290. The number of fused-ring (bicyclic) bond motifs is 7. The first-order valence-electron chi connectivity index (χ1n) is 19.0. The summed E-state index contributed by atoms with van der Waals surface area (Å²) in [6.45, 7) is 22.0. The lowest BCUT2D eigenvalue weighted by Crippen LogP contribution is -2.66. The van der Waals surface area contributed by atoms with Gasteiger partial charge in [0.15, 0.2) is 0 Å². The number of ether oxygens (including phenoxy) is 2. The summed E-state index contributed by atoms with van der Waals surface area (Å²) in [6, 6.07) is 0. The normalized spacial score (nSPS) is 44.1. The topological polar surface area (TPSA) is 84.9 Å². The van der Waals surface area contributed by atoms with Crippen LogP contribution in [0.5, 0.6) is 0 Å². The van der Waals surface area contributed by atoms with Crippen molar-refractivity contribution in [1.82, 2.24) is 10.2 Å². The second kappa shape index (κ2) is 12.2. The molecule has 0 unspecified atom stereocenters. The maximum atomic E-state index is 14.4. The number of nitrogens with zero attached hydrogens (tertiary/aromatic N) is 1. The summed E-state index contributed by atoms with van der Waals surface area (Å²) < 4.78 is 11.7. The summed E-state index contributed by atoms with van der Waals surface area (Å²) in [5.74, 6) is 0.812. The summed E-state index contributed by atoms with van der Waals surface area (Å²) in [7, 11) is 0. The number of nitrogens with one attached hydrogen (secondary N) is 1. The molecule has 7 nitrogen and oxygen atoms in total. The van der Waals surface area contributed by atoms with Gasteiger partial charge in [0.25, 0.3) is 0 Å². The Morgan fingerprint density at radius 2 is 1.57 bits per heavy atom. The number of allylic oxidation sites excluding steroid dienone is 2. The molecular weight excluding hydrogens is 588 g/mol. The van der Waals surface area contributed by atoms with Crippen molar-refractivity contribution < 1.29 is 23.9 Å². The molecule has 9 atom stereocenters. The largest absolute Gasteiger partial charge is 0.465 e. The van der Waals surface area contributed by atoms with E-state index in [-0.39, 0.29) is 63.6 Å². The number of hydrogen-bond donors (Lipinski definition) is 1. The molecule has 0 aromatic heterocycles. The number of amides is 1. The Morgan fingerprint density at radius 3 is 2.26 bits per heavy atom. The summed E-state index contributed by atoms with van der Waals surface area (Å²) in [5.41, 5.74) is 1.22. The van der Waals surface area contributed by atoms with E-state index in [1.54, 1.807) is 5.57 Å². The highest BCUT2D eigenvalue weighted by Crippen LogP contribution is 2.76. The van der Waals surface area contributed by atoms with Gasteiger partial charge in [-0.1, -0.05) is 53.2 Å². The van der Waals surface area contributed by atoms with E-state index in [4.69, 9.17) is 9.47 Å². The van der Waals surface area contributed by atoms with E-state index in [1.165, 1.54) is 26.7 Å². The number of esters is 2. The first-order valence-corrected chi connectivity index (χ1v) is 19.0. The molecule has 6 aliphatic rings. The Balaban J connectivity index is 1.32. The molecule has 0 spiro atoms. The molecular formula is C40H64N2O5. The van der Waals surface area contributed by atoms with Gasteiger partial charge in [-0.15, -0.1) is 0 Å². The lowest BCUT2D eigenvalue weighted by Gasteiger charge is -2.71. The van der Waals surface area contributed by atoms with E-state index < -0.39 is 5.41 Å². The molecule has 6 rings (SSSR count). The van der Waals surface area contributed by atoms with Crippen LogP contribution in [0.15, 0.2) is 11.6 Å². The summed E-state index contributed by atoms with van der Waals surface area (Å²) in [5, 5.41) is 3.48. The molecule has 1 amide bonds. The fourth-order valence-corrected chi connectivity index (χ4v) is 12.8. The third-order valence-corrected chi connectivity index (χ3v) is 15.6. The van der Waals surface area contributed by atoms with Crippen molar-refractivity contribution in [2.75, 3.05) is 32.8 Å². The first kappa shape index (κ1) is 35.0. The summed E-state index contributed by atoms with van der Waals surface area (Å²) in [6.07, 6.45) is 15.1. The smallest absolute Gasteiger partial charge is 0.302 e. The highest BCUT2D eigenvalue weighted by molar-refractivity contribution is 5.84. The predicted molar refractivity (Wildman–Crippen MR) is 184 cm³/mol. The van der Waals surface area contributed by atoms with E-state index in [0.717, 1.165) is 90.4 Å². The van der Waals surface area contributed by atoms with Crippen molar-refractivity contribution in [2.45, 2.75) is 139 Å². The lowest BCUT2D eigenvalue weighted by molar-refractivity contribution is -0.226. The van der Waals surface area contributed by atoms with Gasteiger partial charge in [0.2, 0.25) is 5.91 Å². The van der Waals surface area contributed by atoms with Crippen molar-refractivity contribution in [1.29, 1.82) is 0 Å². The minimum Gasteiger partial charge on any atom is -0.465 e. The molecule has 1 N–H and O–H groups in total. The maximum absolute atomic E-state index is 14.4. The maximum Gasteiger partial charge on any atom is 0.302 e. The Morgan fingerprint density at radius 1 is 0.872 bits per heavy atom. The van der Waals surface area contributed by atoms with Crippen molar-refractivity contribution in [3.05, 3.63) is 11.6 Å². The van der Waals surface area contributed by atoms with Gasteiger partial charge in [0, 0.05) is 32.4 Å². The number of carbonyl (C=O) groups excluding carboxylic acids is 3. The van der Waals surface area contributed by atoms with E-state index >= 15 is 0 Å². The molecule has 7 heteroatoms. The average Bonchev–Trinajstić information content (AvgIpc) is 3.51. The van der Waals surface area contributed by atoms with Crippen LogP contribution in [0.3, 0.4) is 0 Å². The van der Waals surface area contributed by atoms with Crippen molar-refractivity contribution in [3.63, 3.8) is 0 Å². The zero-order valence-corrected chi connectivity index (χ0v) is 30.9. The van der Waals surface area contributed by atoms with Crippen LogP contribution >= 0.6 is 0 Å². The van der Waals surface area contributed by atoms with Crippen LogP contribution in [0.4, 0.5) is 0 Å². The third-order valence-electron chi connectivity index (χ3n) is 15.6. The molecule has 0 aromatic carbocycles. The Labute approximate surface area is 284 Å². The number of hydrogen-bond acceptors (Lipinski definition) is 6. The van der Waals surface area contributed by atoms with Gasteiger partial charge in [-0.05, 0) is 130 Å². The standard InChI is InChI=1S/C40H64N2O5/c1-27(43)46-26-37(6)31-13-16-39(8)32(36(31,5)15-14-33(37)47-28(2)44)12-11-29-30-25-35(3,4)17-19-40(30,20-18-38(29,39)7)34(45)41-21-24-42-22-9-10-23-42/h11,30-33H,9-10,12-26H2,1-8H3,(H,41,45)/t30-,31+,32+,33-,36-,37-,38+,39+,40-/m0/s1. The van der Waals surface area contributed by atoms with Gasteiger partial charge in [-0.25, -0.2) is 0 Å². The zero-order chi connectivity index (χ0) is 34.0. The minimum absolute atomic E-state index is 0.0247. The van der Waals surface area contributed by atoms with Crippen LogP contribution in [0, 0.1) is 50.2 Å². The van der Waals surface area contributed by atoms with Crippen LogP contribution in [0.25, 0.3) is 0 Å². The summed E-state index contributed by atoms with van der Waals surface area (Å²) >= 11 is 0. The molecule has 47 heavy (non-hydrogen) atoms. The lowest BCUT2D eigenvalue weighted by atomic mass is 9.33. The van der Waals surface area contributed by atoms with Gasteiger partial charge in [-0.3, -0.25) is 14.4 Å². The number of carbonyl (C=O) groups is 3. The molecule has 0 radical (unpaired) electrons. The van der Waals surface area contributed by atoms with Crippen LogP contribution in [-0.4, -0.2) is 61.6 Å². The van der Waals surface area contributed by atoms with Crippen LogP contribution in [0.1, 0.15) is 132 Å². The number of rotatable bonds is 7. The van der Waals surface area contributed by atoms with Gasteiger partial charge in [-0.2, -0.15) is 0 Å². The zero-order valence-electron chi connectivity index (χ0n) is 30.9. The van der Waals surface area contributed by atoms with E-state index in [1.807, 2.05) is 0 Å². The molecule has 4 saturated carbocycles. The molecule has 0 aromatic rings. The van der Waals surface area contributed by atoms with Gasteiger partial charge in [0.05, 0.1) is 5.41 Å². The molecule has 0 bridgehead atoms. The molecule has 5 fully saturated rings. The van der Waals surface area contributed by atoms with Crippen molar-refractivity contribution in [3.8, 4) is 0 Å². The predicted octanol–water partition coefficient (Wildman–Crippen LogP) is 7.48. The van der Waals surface area contributed by atoms with Crippen molar-refractivity contribution in [2.24, 2.45) is 50.2 Å². The molecule has 1 heterocycles. The second-order valence-corrected chi connectivity index (χ2v) is 18.6.